The highest BCUT2D eigenvalue weighted by Crippen LogP contribution is 2.29. The number of alkyl halides is 3. The first-order valence-electron chi connectivity index (χ1n) is 6.77. The van der Waals surface area contributed by atoms with E-state index in [1.54, 1.807) is 12.1 Å². The standard InChI is InChI=1S/C14H14F3N5O2/c15-14(16,17)10-7-11(22-13(20-10)19-4-5-23)21-12(24)8-2-1-3-9(18)6-8/h1-3,6-7,23H,4-5,18H2,(H2,19,20,21,22,24). The van der Waals surface area contributed by atoms with Crippen LogP contribution in [0, 0.1) is 0 Å². The maximum absolute atomic E-state index is 12.9. The van der Waals surface area contributed by atoms with Crippen LogP contribution in [0.25, 0.3) is 0 Å². The van der Waals surface area contributed by atoms with Gasteiger partial charge in [0.05, 0.1) is 6.61 Å². The molecular weight excluding hydrogens is 327 g/mol. The van der Waals surface area contributed by atoms with Crippen molar-refractivity contribution < 1.29 is 23.1 Å². The number of nitrogens with zero attached hydrogens (tertiary/aromatic N) is 2. The second kappa shape index (κ2) is 7.13. The summed E-state index contributed by atoms with van der Waals surface area (Å²) in [7, 11) is 0. The number of aliphatic hydroxyl groups is 1. The highest BCUT2D eigenvalue weighted by Gasteiger charge is 2.34. The number of nitrogen functional groups attached to an aromatic ring is 1. The Kier molecular flexibility index (Phi) is 5.19. The number of nitrogens with two attached hydrogens (primary N) is 1. The number of hydrogen-bond donors (Lipinski definition) is 4. The van der Waals surface area contributed by atoms with Crippen LogP contribution in [-0.2, 0) is 6.18 Å². The highest BCUT2D eigenvalue weighted by atomic mass is 19.4. The van der Waals surface area contributed by atoms with Gasteiger partial charge in [0.15, 0.2) is 5.69 Å². The Morgan fingerprint density at radius 2 is 2.00 bits per heavy atom. The Hall–Kier alpha value is -2.88. The first-order valence-corrected chi connectivity index (χ1v) is 6.77. The molecule has 0 fully saturated rings. The molecule has 5 N–H and O–H groups in total. The van der Waals surface area contributed by atoms with Crippen molar-refractivity contribution in [1.29, 1.82) is 0 Å². The van der Waals surface area contributed by atoms with Gasteiger partial charge in [0.1, 0.15) is 5.82 Å². The zero-order valence-electron chi connectivity index (χ0n) is 12.3. The number of hydrogen-bond acceptors (Lipinski definition) is 6. The third-order valence-corrected chi connectivity index (χ3v) is 2.80. The topological polar surface area (TPSA) is 113 Å². The molecule has 2 rings (SSSR count). The maximum atomic E-state index is 12.9. The van der Waals surface area contributed by atoms with E-state index in [2.05, 4.69) is 20.6 Å². The van der Waals surface area contributed by atoms with Crippen LogP contribution in [0.15, 0.2) is 30.3 Å². The zero-order valence-corrected chi connectivity index (χ0v) is 12.3. The molecule has 0 saturated heterocycles. The van der Waals surface area contributed by atoms with E-state index in [0.717, 1.165) is 0 Å². The molecule has 2 aromatic rings. The number of amides is 1. The average Bonchev–Trinajstić information content (AvgIpc) is 2.52. The SMILES string of the molecule is Nc1cccc(C(=O)Nc2cc(C(F)(F)F)nc(NCCO)n2)c1. The lowest BCUT2D eigenvalue weighted by molar-refractivity contribution is -0.141. The molecule has 1 heterocycles. The van der Waals surface area contributed by atoms with E-state index >= 15 is 0 Å². The van der Waals surface area contributed by atoms with Gasteiger partial charge in [0.25, 0.3) is 5.91 Å². The van der Waals surface area contributed by atoms with Crippen molar-refractivity contribution in [2.24, 2.45) is 0 Å². The van der Waals surface area contributed by atoms with Gasteiger partial charge >= 0.3 is 6.18 Å². The number of aliphatic hydroxyl groups excluding tert-OH is 1. The molecular formula is C14H14F3N5O2. The molecule has 0 radical (unpaired) electrons. The van der Waals surface area contributed by atoms with Gasteiger partial charge in [-0.2, -0.15) is 18.2 Å². The van der Waals surface area contributed by atoms with E-state index in [1.807, 2.05) is 0 Å². The molecule has 0 aliphatic rings. The molecule has 0 saturated carbocycles. The number of aromatic nitrogens is 2. The van der Waals surface area contributed by atoms with E-state index < -0.39 is 17.8 Å². The molecule has 7 nitrogen and oxygen atoms in total. The van der Waals surface area contributed by atoms with Crippen LogP contribution in [0.5, 0.6) is 0 Å². The molecule has 10 heteroatoms. The molecule has 1 aromatic heterocycles. The summed E-state index contributed by atoms with van der Waals surface area (Å²) in [6.07, 6.45) is -4.71. The van der Waals surface area contributed by atoms with Crippen molar-refractivity contribution >= 4 is 23.4 Å². The predicted molar refractivity (Wildman–Crippen MR) is 81.4 cm³/mol. The monoisotopic (exact) mass is 341 g/mol. The van der Waals surface area contributed by atoms with Gasteiger partial charge in [0, 0.05) is 23.9 Å². The number of nitrogens with one attached hydrogen (secondary N) is 2. The van der Waals surface area contributed by atoms with E-state index in [-0.39, 0.29) is 30.5 Å². The van der Waals surface area contributed by atoms with Crippen LogP contribution >= 0.6 is 0 Å². The summed E-state index contributed by atoms with van der Waals surface area (Å²) < 4.78 is 38.7. The minimum atomic E-state index is -4.71. The minimum absolute atomic E-state index is 0.0378. The van der Waals surface area contributed by atoms with Crippen LogP contribution in [0.2, 0.25) is 0 Å². The van der Waals surface area contributed by atoms with E-state index in [0.29, 0.717) is 11.8 Å². The fourth-order valence-electron chi connectivity index (χ4n) is 1.77. The zero-order chi connectivity index (χ0) is 17.7. The van der Waals surface area contributed by atoms with Gasteiger partial charge in [-0.15, -0.1) is 0 Å². The fourth-order valence-corrected chi connectivity index (χ4v) is 1.77. The Morgan fingerprint density at radius 3 is 2.62 bits per heavy atom. The summed E-state index contributed by atoms with van der Waals surface area (Å²) in [6, 6.07) is 6.57. The van der Waals surface area contributed by atoms with Crippen LogP contribution in [0.3, 0.4) is 0 Å². The van der Waals surface area contributed by atoms with Gasteiger partial charge in [-0.25, -0.2) is 4.98 Å². The highest BCUT2D eigenvalue weighted by molar-refractivity contribution is 6.04. The van der Waals surface area contributed by atoms with Crippen molar-refractivity contribution in [3.05, 3.63) is 41.6 Å². The number of carbonyl (C=O) groups excluding carboxylic acids is 1. The number of rotatable bonds is 5. The van der Waals surface area contributed by atoms with E-state index in [9.17, 15) is 18.0 Å². The molecule has 0 aliphatic heterocycles. The fraction of sp³-hybridized carbons (Fsp3) is 0.214. The number of benzene rings is 1. The summed E-state index contributed by atoms with van der Waals surface area (Å²) in [6.45, 7) is -0.353. The van der Waals surface area contributed by atoms with Crippen molar-refractivity contribution in [3.63, 3.8) is 0 Å². The summed E-state index contributed by atoms with van der Waals surface area (Å²) in [5, 5.41) is 13.4. The smallest absolute Gasteiger partial charge is 0.399 e. The average molecular weight is 341 g/mol. The van der Waals surface area contributed by atoms with Crippen LogP contribution < -0.4 is 16.4 Å². The molecule has 1 aromatic carbocycles. The largest absolute Gasteiger partial charge is 0.433 e. The van der Waals surface area contributed by atoms with Crippen molar-refractivity contribution in [2.75, 3.05) is 29.5 Å². The molecule has 24 heavy (non-hydrogen) atoms. The van der Waals surface area contributed by atoms with Crippen LogP contribution in [-0.4, -0.2) is 34.1 Å². The van der Waals surface area contributed by atoms with Gasteiger partial charge in [-0.05, 0) is 18.2 Å². The second-order valence-electron chi connectivity index (χ2n) is 4.69. The lowest BCUT2D eigenvalue weighted by Crippen LogP contribution is -2.18. The number of carbonyl (C=O) groups is 1. The first-order chi connectivity index (χ1) is 11.3. The summed E-state index contributed by atoms with van der Waals surface area (Å²) in [5.74, 6) is -1.35. The lowest BCUT2D eigenvalue weighted by atomic mass is 10.2. The third-order valence-electron chi connectivity index (χ3n) is 2.80. The van der Waals surface area contributed by atoms with Crippen LogP contribution in [0.4, 0.5) is 30.6 Å². The van der Waals surface area contributed by atoms with E-state index in [1.165, 1.54) is 12.1 Å². The Balaban J connectivity index is 2.29. The lowest BCUT2D eigenvalue weighted by Gasteiger charge is -2.12. The van der Waals surface area contributed by atoms with Gasteiger partial charge in [-0.1, -0.05) is 6.07 Å². The van der Waals surface area contributed by atoms with E-state index in [4.69, 9.17) is 10.8 Å². The number of halogens is 3. The van der Waals surface area contributed by atoms with Crippen molar-refractivity contribution in [1.82, 2.24) is 9.97 Å². The molecule has 0 unspecified atom stereocenters. The van der Waals surface area contributed by atoms with Gasteiger partial charge in [-0.3, -0.25) is 4.79 Å². The minimum Gasteiger partial charge on any atom is -0.399 e. The molecule has 0 atom stereocenters. The maximum Gasteiger partial charge on any atom is 0.433 e. The summed E-state index contributed by atoms with van der Waals surface area (Å²) in [4.78, 5) is 19.2. The molecule has 0 spiro atoms. The van der Waals surface area contributed by atoms with Gasteiger partial charge in [0.2, 0.25) is 5.95 Å². The van der Waals surface area contributed by atoms with Crippen molar-refractivity contribution in [2.45, 2.75) is 6.18 Å². The Labute approximate surface area is 134 Å². The Morgan fingerprint density at radius 1 is 1.25 bits per heavy atom. The van der Waals surface area contributed by atoms with Crippen molar-refractivity contribution in [3.8, 4) is 0 Å². The molecule has 1 amide bonds. The number of anilines is 3. The quantitative estimate of drug-likeness (QED) is 0.616. The Bertz CT molecular complexity index is 737. The molecule has 0 aliphatic carbocycles. The molecule has 0 bridgehead atoms. The summed E-state index contributed by atoms with van der Waals surface area (Å²) >= 11 is 0. The van der Waals surface area contributed by atoms with Crippen LogP contribution in [0.1, 0.15) is 16.1 Å². The summed E-state index contributed by atoms with van der Waals surface area (Å²) in [5.41, 5.74) is 4.85. The second-order valence-corrected chi connectivity index (χ2v) is 4.69. The molecule has 128 valence electrons. The predicted octanol–water partition coefficient (Wildman–Crippen LogP) is 1.73. The third kappa shape index (κ3) is 4.56. The normalized spacial score (nSPS) is 11.2. The first kappa shape index (κ1) is 17.5. The van der Waals surface area contributed by atoms with Gasteiger partial charge < -0.3 is 21.5 Å².